The van der Waals surface area contributed by atoms with Crippen molar-refractivity contribution >= 4 is 17.9 Å². The van der Waals surface area contributed by atoms with Crippen LogP contribution in [0.2, 0.25) is 0 Å². The number of amides is 2. The van der Waals surface area contributed by atoms with Crippen molar-refractivity contribution in [3.05, 3.63) is 101 Å². The summed E-state index contributed by atoms with van der Waals surface area (Å²) in [6, 6.07) is 22.5. The van der Waals surface area contributed by atoms with Crippen molar-refractivity contribution in [3.63, 3.8) is 0 Å². The number of nitrogens with zero attached hydrogens (tertiary/aromatic N) is 2. The summed E-state index contributed by atoms with van der Waals surface area (Å²) < 4.78 is 10.8. The summed E-state index contributed by atoms with van der Waals surface area (Å²) in [4.78, 5) is 30.7. The molecule has 33 heavy (non-hydrogen) atoms. The molecule has 166 valence electrons. The van der Waals surface area contributed by atoms with Crippen LogP contribution in [0.1, 0.15) is 33.2 Å². The van der Waals surface area contributed by atoms with Gasteiger partial charge in [0.05, 0.1) is 14.2 Å². The molecule has 1 atom stereocenters. The molecule has 2 aliphatic rings. The van der Waals surface area contributed by atoms with Crippen LogP contribution < -0.4 is 9.47 Å². The van der Waals surface area contributed by atoms with Gasteiger partial charge in [-0.1, -0.05) is 48.5 Å². The van der Waals surface area contributed by atoms with Crippen LogP contribution in [0.3, 0.4) is 0 Å². The summed E-state index contributed by atoms with van der Waals surface area (Å²) >= 11 is 0. The maximum atomic E-state index is 13.7. The maximum absolute atomic E-state index is 13.7. The average molecular weight is 440 g/mol. The number of ether oxygens (including phenoxy) is 2. The summed E-state index contributed by atoms with van der Waals surface area (Å²) in [6.07, 6.45) is 2.04. The monoisotopic (exact) mass is 440 g/mol. The van der Waals surface area contributed by atoms with Crippen molar-refractivity contribution in [2.75, 3.05) is 20.8 Å². The number of methoxy groups -OCH3 is 2. The van der Waals surface area contributed by atoms with Gasteiger partial charge in [0.15, 0.2) is 11.5 Å². The molecule has 5 rings (SSSR count). The van der Waals surface area contributed by atoms with Crippen LogP contribution in [0.4, 0.5) is 0 Å². The molecule has 0 aromatic heterocycles. The molecule has 2 heterocycles. The van der Waals surface area contributed by atoms with Gasteiger partial charge >= 0.3 is 0 Å². The molecule has 0 radical (unpaired) electrons. The van der Waals surface area contributed by atoms with Crippen molar-refractivity contribution in [3.8, 4) is 11.5 Å². The van der Waals surface area contributed by atoms with Crippen LogP contribution in [0.25, 0.3) is 6.08 Å². The number of carbonyl (C=O) groups excluding carboxylic acids is 2. The van der Waals surface area contributed by atoms with Crippen molar-refractivity contribution in [1.82, 2.24) is 9.80 Å². The second-order valence-electron chi connectivity index (χ2n) is 8.01. The van der Waals surface area contributed by atoms with E-state index in [-0.39, 0.29) is 11.8 Å². The van der Waals surface area contributed by atoms with Crippen molar-refractivity contribution in [1.29, 1.82) is 0 Å². The van der Waals surface area contributed by atoms with Gasteiger partial charge in [0.1, 0.15) is 11.9 Å². The number of carbonyl (C=O) groups is 2. The van der Waals surface area contributed by atoms with Gasteiger partial charge in [0, 0.05) is 12.1 Å². The maximum Gasteiger partial charge on any atom is 0.272 e. The Hall–Kier alpha value is -4.06. The highest BCUT2D eigenvalue weighted by Gasteiger charge is 2.47. The number of fused-ring (bicyclic) bond motifs is 3. The van der Waals surface area contributed by atoms with Gasteiger partial charge in [-0.3, -0.25) is 14.5 Å². The highest BCUT2D eigenvalue weighted by atomic mass is 16.5. The molecule has 0 aliphatic carbocycles. The zero-order valence-electron chi connectivity index (χ0n) is 18.5. The topological polar surface area (TPSA) is 59.1 Å². The molecule has 2 aliphatic heterocycles. The first-order chi connectivity index (χ1) is 16.1. The molecular weight excluding hydrogens is 416 g/mol. The molecule has 2 amide bonds. The van der Waals surface area contributed by atoms with Crippen LogP contribution in [0, 0.1) is 0 Å². The minimum Gasteiger partial charge on any atom is -0.493 e. The quantitative estimate of drug-likeness (QED) is 0.568. The second kappa shape index (κ2) is 8.47. The fourth-order valence-corrected chi connectivity index (χ4v) is 4.59. The minimum absolute atomic E-state index is 0.159. The normalized spacial score (nSPS) is 18.2. The molecule has 0 spiro atoms. The Morgan fingerprint density at radius 2 is 1.67 bits per heavy atom. The van der Waals surface area contributed by atoms with E-state index in [1.54, 1.807) is 54.4 Å². The van der Waals surface area contributed by atoms with Gasteiger partial charge in [-0.05, 0) is 53.5 Å². The van der Waals surface area contributed by atoms with E-state index >= 15 is 0 Å². The molecule has 1 saturated heterocycles. The van der Waals surface area contributed by atoms with Gasteiger partial charge < -0.3 is 14.4 Å². The lowest BCUT2D eigenvalue weighted by Crippen LogP contribution is -2.39. The summed E-state index contributed by atoms with van der Waals surface area (Å²) in [7, 11) is 3.14. The third-order valence-corrected chi connectivity index (χ3v) is 6.19. The standard InChI is InChI=1S/C27H24N2O4/c1-32-23-13-12-18(17-24(23)33-2)16-22-27(31)28-15-14-19-8-6-7-11-21(19)25(28)29(22)26(30)20-9-4-3-5-10-20/h3-13,16-17,25H,14-15H2,1-2H3/b22-16+. The Morgan fingerprint density at radius 3 is 2.42 bits per heavy atom. The lowest BCUT2D eigenvalue weighted by molar-refractivity contribution is -0.126. The van der Waals surface area contributed by atoms with Crippen LogP contribution in [-0.2, 0) is 11.2 Å². The van der Waals surface area contributed by atoms with E-state index in [1.807, 2.05) is 42.5 Å². The minimum atomic E-state index is -0.471. The third kappa shape index (κ3) is 3.53. The number of benzene rings is 3. The summed E-state index contributed by atoms with van der Waals surface area (Å²) in [6.45, 7) is 0.558. The molecule has 0 saturated carbocycles. The zero-order chi connectivity index (χ0) is 22.9. The predicted molar refractivity (Wildman–Crippen MR) is 125 cm³/mol. The molecule has 6 heteroatoms. The van der Waals surface area contributed by atoms with Crippen molar-refractivity contribution in [2.24, 2.45) is 0 Å². The first kappa shape index (κ1) is 20.8. The second-order valence-corrected chi connectivity index (χ2v) is 8.01. The molecule has 1 unspecified atom stereocenters. The lowest BCUT2D eigenvalue weighted by Gasteiger charge is -2.35. The first-order valence-corrected chi connectivity index (χ1v) is 10.8. The molecule has 0 bridgehead atoms. The molecule has 0 N–H and O–H groups in total. The van der Waals surface area contributed by atoms with E-state index in [9.17, 15) is 9.59 Å². The first-order valence-electron chi connectivity index (χ1n) is 10.8. The van der Waals surface area contributed by atoms with E-state index in [2.05, 4.69) is 6.07 Å². The largest absolute Gasteiger partial charge is 0.493 e. The smallest absolute Gasteiger partial charge is 0.272 e. The van der Waals surface area contributed by atoms with Crippen LogP contribution in [0.5, 0.6) is 11.5 Å². The molecule has 3 aromatic carbocycles. The fraction of sp³-hybridized carbons (Fsp3) is 0.185. The summed E-state index contributed by atoms with van der Waals surface area (Å²) in [5.41, 5.74) is 3.77. The van der Waals surface area contributed by atoms with Crippen LogP contribution >= 0.6 is 0 Å². The Balaban J connectivity index is 1.66. The van der Waals surface area contributed by atoms with Crippen molar-refractivity contribution < 1.29 is 19.1 Å². The SMILES string of the molecule is COc1ccc(/C=C2\C(=O)N3CCc4ccccc4C3N2C(=O)c2ccccc2)cc1OC. The average Bonchev–Trinajstić information content (AvgIpc) is 3.15. The summed E-state index contributed by atoms with van der Waals surface area (Å²) in [5, 5.41) is 0. The lowest BCUT2D eigenvalue weighted by atomic mass is 9.97. The van der Waals surface area contributed by atoms with E-state index < -0.39 is 6.17 Å². The van der Waals surface area contributed by atoms with Gasteiger partial charge in [-0.2, -0.15) is 0 Å². The Bertz CT molecular complexity index is 1250. The van der Waals surface area contributed by atoms with E-state index in [0.717, 1.165) is 23.1 Å². The summed E-state index contributed by atoms with van der Waals surface area (Å²) in [5.74, 6) is 0.788. The number of hydrogen-bond acceptors (Lipinski definition) is 4. The highest BCUT2D eigenvalue weighted by Crippen LogP contribution is 2.42. The third-order valence-electron chi connectivity index (χ3n) is 6.19. The highest BCUT2D eigenvalue weighted by molar-refractivity contribution is 6.08. The van der Waals surface area contributed by atoms with E-state index in [4.69, 9.17) is 9.47 Å². The molecular formula is C27H24N2O4. The van der Waals surface area contributed by atoms with Crippen LogP contribution in [-0.4, -0.2) is 42.4 Å². The number of rotatable bonds is 4. The van der Waals surface area contributed by atoms with Gasteiger partial charge in [0.2, 0.25) is 0 Å². The fourth-order valence-electron chi connectivity index (χ4n) is 4.59. The molecule has 1 fully saturated rings. The van der Waals surface area contributed by atoms with E-state index in [1.165, 1.54) is 0 Å². The van der Waals surface area contributed by atoms with Crippen LogP contribution in [0.15, 0.2) is 78.5 Å². The Kier molecular flexibility index (Phi) is 5.34. The van der Waals surface area contributed by atoms with Gasteiger partial charge in [0.25, 0.3) is 11.8 Å². The van der Waals surface area contributed by atoms with Gasteiger partial charge in [-0.25, -0.2) is 0 Å². The molecule has 3 aromatic rings. The zero-order valence-corrected chi connectivity index (χ0v) is 18.5. The van der Waals surface area contributed by atoms with Crippen molar-refractivity contribution in [2.45, 2.75) is 12.6 Å². The Morgan fingerprint density at radius 1 is 0.939 bits per heavy atom. The molecule has 6 nitrogen and oxygen atoms in total. The van der Waals surface area contributed by atoms with Gasteiger partial charge in [-0.15, -0.1) is 0 Å². The number of hydrogen-bond donors (Lipinski definition) is 0. The Labute approximate surface area is 192 Å². The van der Waals surface area contributed by atoms with E-state index in [0.29, 0.717) is 29.3 Å². The predicted octanol–water partition coefficient (Wildman–Crippen LogP) is 4.28.